The van der Waals surface area contributed by atoms with Crippen molar-refractivity contribution in [1.29, 1.82) is 5.26 Å². The molecule has 0 aliphatic carbocycles. The summed E-state index contributed by atoms with van der Waals surface area (Å²) in [6.07, 6.45) is -0.0670. The summed E-state index contributed by atoms with van der Waals surface area (Å²) in [4.78, 5) is 2.32. The van der Waals surface area contributed by atoms with Gasteiger partial charge < -0.3 is 9.84 Å². The first-order valence-corrected chi connectivity index (χ1v) is 8.43. The van der Waals surface area contributed by atoms with E-state index in [1.54, 1.807) is 0 Å². The molecule has 5 heteroatoms. The number of rotatable bonds is 6. The molecule has 114 valence electrons. The van der Waals surface area contributed by atoms with Crippen molar-refractivity contribution in [2.45, 2.75) is 25.5 Å². The third kappa shape index (κ3) is 5.24. The largest absolute Gasteiger partial charge is 0.491 e. The van der Waals surface area contributed by atoms with Crippen LogP contribution in [0.3, 0.4) is 0 Å². The van der Waals surface area contributed by atoms with Crippen LogP contribution in [0.15, 0.2) is 24.3 Å². The van der Waals surface area contributed by atoms with E-state index in [1.807, 2.05) is 36.0 Å². The third-order valence-electron chi connectivity index (χ3n) is 3.60. The van der Waals surface area contributed by atoms with Crippen molar-refractivity contribution >= 4 is 11.8 Å². The maximum Gasteiger partial charge on any atom is 0.119 e. The summed E-state index contributed by atoms with van der Waals surface area (Å²) in [5.74, 6) is 3.00. The molecule has 1 fully saturated rings. The van der Waals surface area contributed by atoms with Crippen LogP contribution in [0, 0.1) is 11.3 Å². The lowest BCUT2D eigenvalue weighted by Crippen LogP contribution is -2.45. The molecule has 2 atom stereocenters. The van der Waals surface area contributed by atoms with Gasteiger partial charge in [-0.15, -0.1) is 0 Å². The lowest BCUT2D eigenvalue weighted by Gasteiger charge is -2.34. The van der Waals surface area contributed by atoms with Crippen molar-refractivity contribution in [1.82, 2.24) is 4.90 Å². The molecule has 1 N–H and O–H groups in total. The van der Waals surface area contributed by atoms with E-state index in [0.29, 0.717) is 25.6 Å². The summed E-state index contributed by atoms with van der Waals surface area (Å²) >= 11 is 1.97. The number of benzene rings is 1. The molecule has 1 aromatic carbocycles. The summed E-state index contributed by atoms with van der Waals surface area (Å²) in [7, 11) is 0. The Hall–Kier alpha value is -1.22. The molecule has 0 aromatic heterocycles. The second-order valence-corrected chi connectivity index (χ2v) is 6.51. The van der Waals surface area contributed by atoms with E-state index in [-0.39, 0.29) is 0 Å². The Morgan fingerprint density at radius 1 is 1.48 bits per heavy atom. The van der Waals surface area contributed by atoms with Crippen LogP contribution < -0.4 is 4.74 Å². The Kier molecular flexibility index (Phi) is 6.37. The van der Waals surface area contributed by atoms with E-state index >= 15 is 0 Å². The average molecular weight is 306 g/mol. The number of hydrogen-bond acceptors (Lipinski definition) is 5. The van der Waals surface area contributed by atoms with Gasteiger partial charge in [-0.05, 0) is 24.6 Å². The maximum absolute atomic E-state index is 10.1. The van der Waals surface area contributed by atoms with Crippen LogP contribution >= 0.6 is 11.8 Å². The van der Waals surface area contributed by atoms with Crippen LogP contribution in [-0.2, 0) is 6.42 Å². The predicted octanol–water partition coefficient (Wildman–Crippen LogP) is 1.93. The molecule has 0 unspecified atom stereocenters. The molecule has 1 heterocycles. The molecular weight excluding hydrogens is 284 g/mol. The van der Waals surface area contributed by atoms with E-state index in [1.165, 1.54) is 0 Å². The Balaban J connectivity index is 1.75. The van der Waals surface area contributed by atoms with Crippen molar-refractivity contribution in [2.24, 2.45) is 0 Å². The fourth-order valence-corrected chi connectivity index (χ4v) is 3.43. The molecule has 1 saturated heterocycles. The minimum absolute atomic E-state index is 0.300. The summed E-state index contributed by atoms with van der Waals surface area (Å²) in [6, 6.07) is 10.1. The van der Waals surface area contributed by atoms with Crippen molar-refractivity contribution in [3.63, 3.8) is 0 Å². The first-order valence-electron chi connectivity index (χ1n) is 7.27. The van der Waals surface area contributed by atoms with Gasteiger partial charge in [-0.25, -0.2) is 0 Å². The topological polar surface area (TPSA) is 56.5 Å². The molecule has 0 spiro atoms. The highest BCUT2D eigenvalue weighted by molar-refractivity contribution is 7.99. The van der Waals surface area contributed by atoms with Crippen LogP contribution in [-0.4, -0.2) is 53.4 Å². The van der Waals surface area contributed by atoms with Gasteiger partial charge in [0.1, 0.15) is 18.5 Å². The third-order valence-corrected chi connectivity index (χ3v) is 4.79. The number of thioether (sulfide) groups is 1. The van der Waals surface area contributed by atoms with E-state index < -0.39 is 6.10 Å². The van der Waals surface area contributed by atoms with E-state index in [2.05, 4.69) is 17.9 Å². The molecular formula is C16H22N2O2S. The highest BCUT2D eigenvalue weighted by Crippen LogP contribution is 2.17. The summed E-state index contributed by atoms with van der Waals surface area (Å²) in [5.41, 5.74) is 0.977. The van der Waals surface area contributed by atoms with Gasteiger partial charge >= 0.3 is 0 Å². The van der Waals surface area contributed by atoms with Crippen molar-refractivity contribution < 1.29 is 9.84 Å². The molecule has 0 amide bonds. The number of hydrogen-bond donors (Lipinski definition) is 1. The molecule has 4 nitrogen and oxygen atoms in total. The lowest BCUT2D eigenvalue weighted by atomic mass is 10.2. The summed E-state index contributed by atoms with van der Waals surface area (Å²) in [5, 5.41) is 18.7. The van der Waals surface area contributed by atoms with Crippen LogP contribution in [0.5, 0.6) is 5.75 Å². The normalized spacial score (nSPS) is 20.7. The van der Waals surface area contributed by atoms with Crippen molar-refractivity contribution in [3.8, 4) is 11.8 Å². The zero-order chi connectivity index (χ0) is 15.1. The number of nitrogens with zero attached hydrogens (tertiary/aromatic N) is 2. The molecule has 1 aliphatic rings. The number of aliphatic hydroxyl groups excluding tert-OH is 1. The van der Waals surface area contributed by atoms with Gasteiger partial charge in [0.2, 0.25) is 0 Å². The number of β-amino-alcohol motifs (C(OH)–C–C–N with tert-alkyl or cyclic N) is 1. The minimum atomic E-state index is -0.477. The monoisotopic (exact) mass is 306 g/mol. The molecule has 0 saturated carbocycles. The van der Waals surface area contributed by atoms with Crippen molar-refractivity contribution in [3.05, 3.63) is 29.8 Å². The highest BCUT2D eigenvalue weighted by atomic mass is 32.2. The molecule has 1 aromatic rings. The van der Waals surface area contributed by atoms with Gasteiger partial charge in [0.25, 0.3) is 0 Å². The number of aliphatic hydroxyl groups is 1. The predicted molar refractivity (Wildman–Crippen MR) is 85.6 cm³/mol. The van der Waals surface area contributed by atoms with Crippen molar-refractivity contribution in [2.75, 3.05) is 31.2 Å². The molecule has 0 radical (unpaired) electrons. The fraction of sp³-hybridized carbons (Fsp3) is 0.562. The quantitative estimate of drug-likeness (QED) is 0.870. The first-order chi connectivity index (χ1) is 10.2. The maximum atomic E-state index is 10.1. The van der Waals surface area contributed by atoms with Gasteiger partial charge in [0.15, 0.2) is 0 Å². The minimum Gasteiger partial charge on any atom is -0.491 e. The lowest BCUT2D eigenvalue weighted by molar-refractivity contribution is 0.0596. The highest BCUT2D eigenvalue weighted by Gasteiger charge is 2.21. The Labute approximate surface area is 130 Å². The Morgan fingerprint density at radius 3 is 2.90 bits per heavy atom. The first kappa shape index (κ1) is 16.2. The second kappa shape index (κ2) is 8.28. The zero-order valence-electron chi connectivity index (χ0n) is 12.4. The zero-order valence-corrected chi connectivity index (χ0v) is 13.2. The summed E-state index contributed by atoms with van der Waals surface area (Å²) < 4.78 is 5.61. The Bertz CT molecular complexity index is 472. The Morgan fingerprint density at radius 2 is 2.24 bits per heavy atom. The standard InChI is InChI=1S/C16H22N2O2S/c1-13-12-21-9-8-18(13)10-15(19)11-20-16-4-2-14(3-5-16)6-7-17/h2-5,13,15,19H,6,8-12H2,1H3/t13-,15+/m0/s1. The van der Waals surface area contributed by atoms with Gasteiger partial charge in [0, 0.05) is 30.6 Å². The van der Waals surface area contributed by atoms with E-state index in [9.17, 15) is 5.11 Å². The van der Waals surface area contributed by atoms with E-state index in [4.69, 9.17) is 10.00 Å². The number of nitriles is 1. The fourth-order valence-electron chi connectivity index (χ4n) is 2.34. The van der Waals surface area contributed by atoms with Crippen LogP contribution in [0.1, 0.15) is 12.5 Å². The molecule has 2 rings (SSSR count). The SMILES string of the molecule is C[C@H]1CSCCN1C[C@@H](O)COc1ccc(CC#N)cc1. The van der Waals surface area contributed by atoms with Gasteiger partial charge in [0.05, 0.1) is 12.5 Å². The smallest absolute Gasteiger partial charge is 0.119 e. The second-order valence-electron chi connectivity index (χ2n) is 5.36. The van der Waals surface area contributed by atoms with Crippen LogP contribution in [0.4, 0.5) is 0 Å². The van der Waals surface area contributed by atoms with Crippen LogP contribution in [0.25, 0.3) is 0 Å². The molecule has 21 heavy (non-hydrogen) atoms. The number of ether oxygens (including phenoxy) is 1. The van der Waals surface area contributed by atoms with E-state index in [0.717, 1.165) is 29.4 Å². The van der Waals surface area contributed by atoms with Gasteiger partial charge in [-0.3, -0.25) is 4.90 Å². The summed E-state index contributed by atoms with van der Waals surface area (Å²) in [6.45, 7) is 4.20. The molecule has 1 aliphatic heterocycles. The van der Waals surface area contributed by atoms with Crippen LogP contribution in [0.2, 0.25) is 0 Å². The van der Waals surface area contributed by atoms with Gasteiger partial charge in [-0.2, -0.15) is 17.0 Å². The molecule has 0 bridgehead atoms. The average Bonchev–Trinajstić information content (AvgIpc) is 2.49. The van der Waals surface area contributed by atoms with Gasteiger partial charge in [-0.1, -0.05) is 12.1 Å².